The van der Waals surface area contributed by atoms with Crippen LogP contribution in [0.15, 0.2) is 12.2 Å². The van der Waals surface area contributed by atoms with Crippen LogP contribution in [0.1, 0.15) is 6.92 Å². The van der Waals surface area contributed by atoms with Crippen molar-refractivity contribution in [2.75, 3.05) is 12.9 Å². The summed E-state index contributed by atoms with van der Waals surface area (Å²) in [6.45, 7) is 5.52. The van der Waals surface area contributed by atoms with Crippen molar-refractivity contribution in [1.82, 2.24) is 5.32 Å². The predicted molar refractivity (Wildman–Crippen MR) is 48.0 cm³/mol. The van der Waals surface area contributed by atoms with Gasteiger partial charge >= 0.3 is 6.09 Å². The Hall–Kier alpha value is -0.640. The molecule has 1 amide bonds. The fraction of sp³-hybridized carbons (Fsp3) is 0.571. The third-order valence-electron chi connectivity index (χ3n) is 1.25. The van der Waals surface area contributed by atoms with Crippen LogP contribution >= 0.6 is 12.6 Å². The van der Waals surface area contributed by atoms with Gasteiger partial charge in [0, 0.05) is 5.75 Å². The van der Waals surface area contributed by atoms with E-state index in [-0.39, 0.29) is 6.04 Å². The number of ether oxygens (including phenoxy) is 1. The van der Waals surface area contributed by atoms with Gasteiger partial charge in [0.1, 0.15) is 0 Å². The molecule has 1 N–H and O–H groups in total. The zero-order valence-corrected chi connectivity index (χ0v) is 7.65. The van der Waals surface area contributed by atoms with Crippen LogP contribution in [0.5, 0.6) is 0 Å². The molecule has 0 aromatic rings. The van der Waals surface area contributed by atoms with Crippen molar-refractivity contribution < 1.29 is 9.53 Å². The maximum Gasteiger partial charge on any atom is 0.407 e. The lowest BCUT2D eigenvalue weighted by molar-refractivity contribution is 0.169. The average molecular weight is 175 g/mol. The second kappa shape index (κ2) is 5.07. The highest BCUT2D eigenvalue weighted by atomic mass is 32.1. The lowest BCUT2D eigenvalue weighted by atomic mass is 10.2. The number of thiol groups is 1. The van der Waals surface area contributed by atoms with E-state index in [1.807, 2.05) is 6.92 Å². The number of rotatable bonds is 3. The highest BCUT2D eigenvalue weighted by Crippen LogP contribution is 1.99. The molecule has 0 aromatic heterocycles. The summed E-state index contributed by atoms with van der Waals surface area (Å²) >= 11 is 4.04. The fourth-order valence-corrected chi connectivity index (χ4v) is 0.929. The smallest absolute Gasteiger partial charge is 0.407 e. The molecule has 0 heterocycles. The molecular weight excluding hydrogens is 162 g/mol. The van der Waals surface area contributed by atoms with E-state index in [1.165, 1.54) is 7.11 Å². The Morgan fingerprint density at radius 1 is 1.82 bits per heavy atom. The van der Waals surface area contributed by atoms with Crippen LogP contribution in [0.3, 0.4) is 0 Å². The van der Waals surface area contributed by atoms with Gasteiger partial charge in [-0.15, -0.1) is 0 Å². The number of methoxy groups -OCH3 is 1. The van der Waals surface area contributed by atoms with Gasteiger partial charge in [-0.05, 0) is 6.92 Å². The van der Waals surface area contributed by atoms with Gasteiger partial charge in [0.05, 0.1) is 13.2 Å². The SMILES string of the molecule is C=C(C)C(CS)NC(=O)OC. The molecule has 0 radical (unpaired) electrons. The van der Waals surface area contributed by atoms with E-state index in [0.717, 1.165) is 5.57 Å². The van der Waals surface area contributed by atoms with E-state index in [4.69, 9.17) is 0 Å². The number of hydrogen-bond donors (Lipinski definition) is 2. The summed E-state index contributed by atoms with van der Waals surface area (Å²) in [4.78, 5) is 10.7. The zero-order chi connectivity index (χ0) is 8.85. The van der Waals surface area contributed by atoms with Crippen LogP contribution in [-0.4, -0.2) is 25.0 Å². The van der Waals surface area contributed by atoms with Gasteiger partial charge in [0.2, 0.25) is 0 Å². The normalized spacial score (nSPS) is 11.9. The first kappa shape index (κ1) is 10.4. The minimum Gasteiger partial charge on any atom is -0.453 e. The average Bonchev–Trinajstić information content (AvgIpc) is 1.99. The second-order valence-electron chi connectivity index (χ2n) is 2.22. The predicted octanol–water partition coefficient (Wildman–Crippen LogP) is 1.22. The lowest BCUT2D eigenvalue weighted by Crippen LogP contribution is -2.36. The summed E-state index contributed by atoms with van der Waals surface area (Å²) in [5.74, 6) is 0.532. The molecule has 0 aliphatic carbocycles. The van der Waals surface area contributed by atoms with E-state index in [2.05, 4.69) is 29.3 Å². The van der Waals surface area contributed by atoms with Crippen LogP contribution in [0.4, 0.5) is 4.79 Å². The van der Waals surface area contributed by atoms with Crippen molar-refractivity contribution in [2.45, 2.75) is 13.0 Å². The van der Waals surface area contributed by atoms with Gasteiger partial charge in [-0.25, -0.2) is 4.79 Å². The van der Waals surface area contributed by atoms with Crippen molar-refractivity contribution in [2.24, 2.45) is 0 Å². The number of carbonyl (C=O) groups excluding carboxylic acids is 1. The van der Waals surface area contributed by atoms with Gasteiger partial charge in [-0.2, -0.15) is 12.6 Å². The van der Waals surface area contributed by atoms with Crippen LogP contribution in [0, 0.1) is 0 Å². The van der Waals surface area contributed by atoms with Gasteiger partial charge in [0.15, 0.2) is 0 Å². The first-order valence-electron chi connectivity index (χ1n) is 3.22. The Labute approximate surface area is 72.2 Å². The van der Waals surface area contributed by atoms with E-state index in [0.29, 0.717) is 5.75 Å². The maximum atomic E-state index is 10.7. The number of amides is 1. The van der Waals surface area contributed by atoms with Crippen molar-refractivity contribution in [1.29, 1.82) is 0 Å². The number of carbonyl (C=O) groups is 1. The molecule has 0 bridgehead atoms. The maximum absolute atomic E-state index is 10.7. The van der Waals surface area contributed by atoms with E-state index in [9.17, 15) is 4.79 Å². The minimum absolute atomic E-state index is 0.106. The number of nitrogens with one attached hydrogen (secondary N) is 1. The topological polar surface area (TPSA) is 38.3 Å². The van der Waals surface area contributed by atoms with Crippen LogP contribution in [0.2, 0.25) is 0 Å². The van der Waals surface area contributed by atoms with Gasteiger partial charge in [-0.3, -0.25) is 0 Å². The molecule has 3 nitrogen and oxygen atoms in total. The molecule has 4 heteroatoms. The zero-order valence-electron chi connectivity index (χ0n) is 6.76. The third kappa shape index (κ3) is 3.93. The van der Waals surface area contributed by atoms with Gasteiger partial charge in [-0.1, -0.05) is 12.2 Å². The molecular formula is C7H13NO2S. The van der Waals surface area contributed by atoms with Crippen LogP contribution < -0.4 is 5.32 Å². The molecule has 0 spiro atoms. The molecule has 1 atom stereocenters. The third-order valence-corrected chi connectivity index (χ3v) is 1.62. The van der Waals surface area contributed by atoms with E-state index < -0.39 is 6.09 Å². The molecule has 0 fully saturated rings. The first-order valence-corrected chi connectivity index (χ1v) is 3.85. The molecule has 0 saturated carbocycles. The molecule has 0 aliphatic rings. The Bertz CT molecular complexity index is 159. The molecule has 0 aromatic carbocycles. The number of alkyl carbamates (subject to hydrolysis) is 1. The standard InChI is InChI=1S/C7H13NO2S/c1-5(2)6(4-11)8-7(9)10-3/h6,11H,1,4H2,2-3H3,(H,8,9). The molecule has 11 heavy (non-hydrogen) atoms. The second-order valence-corrected chi connectivity index (χ2v) is 2.58. The highest BCUT2D eigenvalue weighted by molar-refractivity contribution is 7.80. The molecule has 64 valence electrons. The summed E-state index contributed by atoms with van der Waals surface area (Å²) in [6.07, 6.45) is -0.452. The summed E-state index contributed by atoms with van der Waals surface area (Å²) in [6, 6.07) is -0.106. The number of hydrogen-bond acceptors (Lipinski definition) is 3. The Morgan fingerprint density at radius 3 is 2.64 bits per heavy atom. The summed E-state index contributed by atoms with van der Waals surface area (Å²) in [5.41, 5.74) is 0.866. The molecule has 1 unspecified atom stereocenters. The minimum atomic E-state index is -0.452. The van der Waals surface area contributed by atoms with Crippen LogP contribution in [0.25, 0.3) is 0 Å². The Morgan fingerprint density at radius 2 is 2.36 bits per heavy atom. The van der Waals surface area contributed by atoms with Crippen molar-refractivity contribution >= 4 is 18.7 Å². The van der Waals surface area contributed by atoms with Crippen LogP contribution in [-0.2, 0) is 4.74 Å². The first-order chi connectivity index (χ1) is 5.11. The van der Waals surface area contributed by atoms with Gasteiger partial charge < -0.3 is 10.1 Å². The quantitative estimate of drug-likeness (QED) is 0.500. The van der Waals surface area contributed by atoms with Crippen molar-refractivity contribution in [3.05, 3.63) is 12.2 Å². The Kier molecular flexibility index (Phi) is 4.77. The van der Waals surface area contributed by atoms with Gasteiger partial charge in [0.25, 0.3) is 0 Å². The van der Waals surface area contributed by atoms with Crippen molar-refractivity contribution in [3.63, 3.8) is 0 Å². The summed E-state index contributed by atoms with van der Waals surface area (Å²) in [7, 11) is 1.32. The lowest BCUT2D eigenvalue weighted by Gasteiger charge is -2.14. The van der Waals surface area contributed by atoms with Crippen molar-refractivity contribution in [3.8, 4) is 0 Å². The van der Waals surface area contributed by atoms with E-state index in [1.54, 1.807) is 0 Å². The molecule has 0 saturated heterocycles. The molecule has 0 aliphatic heterocycles. The highest BCUT2D eigenvalue weighted by Gasteiger charge is 2.09. The molecule has 0 rings (SSSR count). The Balaban J connectivity index is 3.88. The fourth-order valence-electron chi connectivity index (χ4n) is 0.526. The van der Waals surface area contributed by atoms with E-state index >= 15 is 0 Å². The monoisotopic (exact) mass is 175 g/mol. The summed E-state index contributed by atoms with van der Waals surface area (Å²) in [5, 5.41) is 2.58. The summed E-state index contributed by atoms with van der Waals surface area (Å²) < 4.78 is 4.41. The largest absolute Gasteiger partial charge is 0.453 e.